The van der Waals surface area contributed by atoms with Crippen molar-refractivity contribution in [3.63, 3.8) is 0 Å². The largest absolute Gasteiger partial charge is 1.00 e. The molecular formula is C17H21Cl2NO. The molecular weight excluding hydrogens is 305 g/mol. The van der Waals surface area contributed by atoms with Crippen LogP contribution >= 0.6 is 11.6 Å². The maximum atomic E-state index is 5.93. The lowest BCUT2D eigenvalue weighted by Crippen LogP contribution is -3.00. The number of para-hydroxylation sites is 2. The van der Waals surface area contributed by atoms with E-state index in [2.05, 4.69) is 32.2 Å². The molecule has 2 nitrogen and oxygen atoms in total. The first-order chi connectivity index (χ1) is 9.44. The number of rotatable bonds is 4. The van der Waals surface area contributed by atoms with Crippen LogP contribution in [0.2, 0.25) is 5.02 Å². The molecule has 0 saturated carbocycles. The Bertz CT molecular complexity index is 562. The van der Waals surface area contributed by atoms with Crippen LogP contribution in [0.5, 0.6) is 5.75 Å². The second-order valence-electron chi connectivity index (χ2n) is 5.96. The van der Waals surface area contributed by atoms with E-state index < -0.39 is 0 Å². The van der Waals surface area contributed by atoms with E-state index in [1.54, 1.807) is 0 Å². The molecule has 2 aromatic carbocycles. The number of hydrogen-bond donors (Lipinski definition) is 1. The zero-order valence-corrected chi connectivity index (χ0v) is 14.1. The van der Waals surface area contributed by atoms with Crippen LogP contribution in [-0.2, 0) is 6.61 Å². The minimum Gasteiger partial charge on any atom is -1.00 e. The summed E-state index contributed by atoms with van der Waals surface area (Å²) in [4.78, 5) is 0. The zero-order valence-electron chi connectivity index (χ0n) is 12.6. The summed E-state index contributed by atoms with van der Waals surface area (Å²) in [6.07, 6.45) is 0. The molecule has 2 N–H and O–H groups in total. The van der Waals surface area contributed by atoms with Gasteiger partial charge >= 0.3 is 0 Å². The summed E-state index contributed by atoms with van der Waals surface area (Å²) in [5.41, 5.74) is 2.37. The molecule has 0 saturated heterocycles. The molecule has 21 heavy (non-hydrogen) atoms. The highest BCUT2D eigenvalue weighted by atomic mass is 35.5. The fourth-order valence-electron chi connectivity index (χ4n) is 1.94. The van der Waals surface area contributed by atoms with Gasteiger partial charge in [-0.2, -0.15) is 0 Å². The van der Waals surface area contributed by atoms with E-state index in [1.165, 1.54) is 0 Å². The molecule has 0 aliphatic carbocycles. The average molecular weight is 326 g/mol. The smallest absolute Gasteiger partial charge is 0.180 e. The van der Waals surface area contributed by atoms with E-state index in [9.17, 15) is 0 Å². The van der Waals surface area contributed by atoms with Crippen LogP contribution in [0.15, 0.2) is 48.5 Å². The lowest BCUT2D eigenvalue weighted by Gasteiger charge is -2.18. The highest BCUT2D eigenvalue weighted by molar-refractivity contribution is 6.30. The summed E-state index contributed by atoms with van der Waals surface area (Å²) in [6, 6.07) is 15.9. The fraction of sp³-hybridized carbons (Fsp3) is 0.294. The third-order valence-corrected chi connectivity index (χ3v) is 3.07. The SMILES string of the molecule is CC(C)(C)[NH2+]c1ccccc1OCc1ccc(Cl)cc1.[Cl-]. The van der Waals surface area contributed by atoms with Crippen LogP contribution in [0.4, 0.5) is 5.69 Å². The van der Waals surface area contributed by atoms with E-state index in [4.69, 9.17) is 16.3 Å². The van der Waals surface area contributed by atoms with Gasteiger partial charge in [-0.25, -0.2) is 0 Å². The lowest BCUT2D eigenvalue weighted by atomic mass is 10.1. The predicted octanol–water partition coefficient (Wildman–Crippen LogP) is 0.916. The van der Waals surface area contributed by atoms with E-state index in [1.807, 2.05) is 42.5 Å². The van der Waals surface area contributed by atoms with Gasteiger partial charge in [-0.3, -0.25) is 0 Å². The van der Waals surface area contributed by atoms with Crippen molar-refractivity contribution in [2.24, 2.45) is 0 Å². The molecule has 0 radical (unpaired) electrons. The molecule has 0 spiro atoms. The summed E-state index contributed by atoms with van der Waals surface area (Å²) in [7, 11) is 0. The van der Waals surface area contributed by atoms with E-state index in [-0.39, 0.29) is 17.9 Å². The zero-order chi connectivity index (χ0) is 14.6. The van der Waals surface area contributed by atoms with Crippen LogP contribution in [0.25, 0.3) is 0 Å². The Morgan fingerprint density at radius 1 is 1.00 bits per heavy atom. The molecule has 0 aliphatic rings. The number of nitrogens with two attached hydrogens (primary N) is 1. The molecule has 2 aromatic rings. The van der Waals surface area contributed by atoms with Gasteiger partial charge in [-0.15, -0.1) is 0 Å². The van der Waals surface area contributed by atoms with Crippen molar-refractivity contribution in [2.75, 3.05) is 0 Å². The van der Waals surface area contributed by atoms with Gasteiger partial charge in [-0.05, 0) is 44.5 Å². The fourth-order valence-corrected chi connectivity index (χ4v) is 2.07. The van der Waals surface area contributed by atoms with Gasteiger partial charge in [0.15, 0.2) is 11.4 Å². The van der Waals surface area contributed by atoms with Crippen molar-refractivity contribution in [2.45, 2.75) is 32.9 Å². The van der Waals surface area contributed by atoms with Gasteiger partial charge in [0.2, 0.25) is 0 Å². The minimum atomic E-state index is 0. The summed E-state index contributed by atoms with van der Waals surface area (Å²) < 4.78 is 5.93. The maximum Gasteiger partial charge on any atom is 0.180 e. The summed E-state index contributed by atoms with van der Waals surface area (Å²) in [5.74, 6) is 0.914. The van der Waals surface area contributed by atoms with Crippen LogP contribution in [0.3, 0.4) is 0 Å². The Hall–Kier alpha value is -1.22. The van der Waals surface area contributed by atoms with Crippen LogP contribution in [0.1, 0.15) is 26.3 Å². The van der Waals surface area contributed by atoms with Crippen molar-refractivity contribution >= 4 is 17.3 Å². The Kier molecular flexibility index (Phi) is 6.53. The molecule has 0 fully saturated rings. The first-order valence-corrected chi connectivity index (χ1v) is 7.14. The highest BCUT2D eigenvalue weighted by Gasteiger charge is 2.17. The third kappa shape index (κ3) is 5.96. The van der Waals surface area contributed by atoms with Crippen molar-refractivity contribution < 1.29 is 22.5 Å². The summed E-state index contributed by atoms with van der Waals surface area (Å²) >= 11 is 5.88. The summed E-state index contributed by atoms with van der Waals surface area (Å²) in [6.45, 7) is 7.10. The molecule has 2 rings (SSSR count). The number of quaternary nitrogens is 1. The first-order valence-electron chi connectivity index (χ1n) is 6.76. The van der Waals surface area contributed by atoms with Crippen molar-refractivity contribution in [3.05, 3.63) is 59.1 Å². The monoisotopic (exact) mass is 325 g/mol. The molecule has 0 amide bonds. The van der Waals surface area contributed by atoms with Gasteiger partial charge < -0.3 is 22.5 Å². The molecule has 0 atom stereocenters. The molecule has 0 aromatic heterocycles. The quantitative estimate of drug-likeness (QED) is 0.831. The normalized spacial score (nSPS) is 10.9. The molecule has 0 heterocycles. The molecule has 0 aliphatic heterocycles. The van der Waals surface area contributed by atoms with Gasteiger partial charge in [0.05, 0.1) is 5.54 Å². The van der Waals surface area contributed by atoms with Gasteiger partial charge in [-0.1, -0.05) is 35.9 Å². The number of benzene rings is 2. The van der Waals surface area contributed by atoms with Crippen LogP contribution in [-0.4, -0.2) is 5.54 Å². The Morgan fingerprint density at radius 2 is 1.62 bits per heavy atom. The second-order valence-corrected chi connectivity index (χ2v) is 6.40. The van der Waals surface area contributed by atoms with E-state index >= 15 is 0 Å². The predicted molar refractivity (Wildman–Crippen MR) is 83.6 cm³/mol. The van der Waals surface area contributed by atoms with Gasteiger partial charge in [0, 0.05) is 11.1 Å². The topological polar surface area (TPSA) is 25.8 Å². The van der Waals surface area contributed by atoms with Gasteiger partial charge in [0.1, 0.15) is 6.61 Å². The number of halogens is 2. The van der Waals surface area contributed by atoms with Crippen LogP contribution in [0, 0.1) is 0 Å². The first kappa shape index (κ1) is 17.8. The second kappa shape index (κ2) is 7.69. The summed E-state index contributed by atoms with van der Waals surface area (Å²) in [5, 5.41) is 2.97. The Labute approximate surface area is 137 Å². The van der Waals surface area contributed by atoms with Crippen molar-refractivity contribution in [3.8, 4) is 5.75 Å². The average Bonchev–Trinajstić information content (AvgIpc) is 2.38. The molecule has 4 heteroatoms. The number of ether oxygens (including phenoxy) is 1. The third-order valence-electron chi connectivity index (χ3n) is 2.82. The standard InChI is InChI=1S/C17H20ClNO.ClH/c1-17(2,3)19-15-6-4-5-7-16(15)20-12-13-8-10-14(18)11-9-13;/h4-11,19H,12H2,1-3H3;1H. The molecule has 0 bridgehead atoms. The minimum absolute atomic E-state index is 0. The van der Waals surface area contributed by atoms with E-state index in [0.29, 0.717) is 6.61 Å². The highest BCUT2D eigenvalue weighted by Crippen LogP contribution is 2.21. The van der Waals surface area contributed by atoms with Gasteiger partial charge in [0.25, 0.3) is 0 Å². The number of hydrogen-bond acceptors (Lipinski definition) is 1. The maximum absolute atomic E-state index is 5.93. The van der Waals surface area contributed by atoms with E-state index in [0.717, 1.165) is 22.0 Å². The lowest BCUT2D eigenvalue weighted by molar-refractivity contribution is -0.642. The van der Waals surface area contributed by atoms with Crippen LogP contribution < -0.4 is 22.5 Å². The van der Waals surface area contributed by atoms with Crippen molar-refractivity contribution in [1.82, 2.24) is 0 Å². The molecule has 0 unspecified atom stereocenters. The Balaban J connectivity index is 0.00000220. The molecule has 114 valence electrons. The Morgan fingerprint density at radius 3 is 2.24 bits per heavy atom. The van der Waals surface area contributed by atoms with Crippen molar-refractivity contribution in [1.29, 1.82) is 0 Å².